The molecule has 0 aliphatic carbocycles. The Bertz CT molecular complexity index is 386. The first-order valence-electron chi connectivity index (χ1n) is 6.53. The number of likely N-dealkylation sites (tertiary alicyclic amines) is 1. The minimum absolute atomic E-state index is 0.667. The molecule has 0 bridgehead atoms. The molecule has 0 atom stereocenters. The normalized spacial score (nSPS) is 19.5. The summed E-state index contributed by atoms with van der Waals surface area (Å²) in [7, 11) is 0. The summed E-state index contributed by atoms with van der Waals surface area (Å²) in [6, 6.07) is 6.32. The van der Waals surface area contributed by atoms with Crippen LogP contribution < -0.4 is 9.47 Å². The number of benzene rings is 1. The first kappa shape index (κ1) is 10.9. The van der Waals surface area contributed by atoms with E-state index in [0.717, 1.165) is 17.9 Å². The average Bonchev–Trinajstić information content (AvgIpc) is 2.89. The third-order valence-corrected chi connectivity index (χ3v) is 3.52. The lowest BCUT2D eigenvalue weighted by Crippen LogP contribution is -2.22. The summed E-state index contributed by atoms with van der Waals surface area (Å²) in [4.78, 5) is 2.54. The Morgan fingerprint density at radius 2 is 1.76 bits per heavy atom. The molecule has 0 saturated carbocycles. The van der Waals surface area contributed by atoms with Crippen LogP contribution in [0.4, 0.5) is 0 Å². The molecule has 3 rings (SSSR count). The first-order valence-corrected chi connectivity index (χ1v) is 6.53. The fourth-order valence-electron chi connectivity index (χ4n) is 2.54. The van der Waals surface area contributed by atoms with Crippen molar-refractivity contribution in [1.82, 2.24) is 4.90 Å². The van der Waals surface area contributed by atoms with E-state index < -0.39 is 0 Å². The molecule has 0 amide bonds. The molecule has 0 radical (unpaired) electrons. The fourth-order valence-corrected chi connectivity index (χ4v) is 2.54. The van der Waals surface area contributed by atoms with Gasteiger partial charge in [0.25, 0.3) is 0 Å². The van der Waals surface area contributed by atoms with E-state index in [1.807, 2.05) is 6.07 Å². The second-order valence-electron chi connectivity index (χ2n) is 4.78. The molecule has 2 aliphatic rings. The van der Waals surface area contributed by atoms with Gasteiger partial charge in [-0.15, -0.1) is 0 Å². The topological polar surface area (TPSA) is 21.7 Å². The minimum atomic E-state index is 0.667. The standard InChI is InChI=1S/C14H19NO2/c1-2-7-15(6-1)8-5-12-3-4-13-14(11-12)17-10-9-16-13/h3-4,11H,1-2,5-10H2. The number of fused-ring (bicyclic) bond motifs is 1. The fraction of sp³-hybridized carbons (Fsp3) is 0.571. The molecule has 0 aromatic heterocycles. The van der Waals surface area contributed by atoms with E-state index in [9.17, 15) is 0 Å². The predicted molar refractivity (Wildman–Crippen MR) is 66.8 cm³/mol. The molecule has 0 N–H and O–H groups in total. The van der Waals surface area contributed by atoms with E-state index in [1.54, 1.807) is 0 Å². The Morgan fingerprint density at radius 3 is 2.59 bits per heavy atom. The first-order chi connectivity index (χ1) is 8.42. The minimum Gasteiger partial charge on any atom is -0.486 e. The van der Waals surface area contributed by atoms with Crippen LogP contribution in [0.1, 0.15) is 18.4 Å². The van der Waals surface area contributed by atoms with Crippen LogP contribution in [0, 0.1) is 0 Å². The molecule has 2 aliphatic heterocycles. The molecular weight excluding hydrogens is 214 g/mol. The van der Waals surface area contributed by atoms with Gasteiger partial charge in [-0.1, -0.05) is 6.07 Å². The highest BCUT2D eigenvalue weighted by atomic mass is 16.6. The van der Waals surface area contributed by atoms with E-state index in [1.165, 1.54) is 38.0 Å². The van der Waals surface area contributed by atoms with Crippen LogP contribution in [0.2, 0.25) is 0 Å². The molecule has 17 heavy (non-hydrogen) atoms. The number of hydrogen-bond donors (Lipinski definition) is 0. The Balaban J connectivity index is 1.62. The van der Waals surface area contributed by atoms with Crippen molar-refractivity contribution in [3.8, 4) is 11.5 Å². The lowest BCUT2D eigenvalue weighted by molar-refractivity contribution is 0.171. The Labute approximate surface area is 102 Å². The SMILES string of the molecule is c1cc2c(cc1CCN1CCCC1)OCCO2. The average molecular weight is 233 g/mol. The lowest BCUT2D eigenvalue weighted by atomic mass is 10.1. The summed E-state index contributed by atoms with van der Waals surface area (Å²) in [5, 5.41) is 0. The largest absolute Gasteiger partial charge is 0.486 e. The number of ether oxygens (including phenoxy) is 2. The van der Waals surface area contributed by atoms with Crippen molar-refractivity contribution in [2.24, 2.45) is 0 Å². The van der Waals surface area contributed by atoms with Crippen molar-refractivity contribution in [2.45, 2.75) is 19.3 Å². The third-order valence-electron chi connectivity index (χ3n) is 3.52. The molecule has 3 heteroatoms. The van der Waals surface area contributed by atoms with Crippen LogP contribution in [0.15, 0.2) is 18.2 Å². The van der Waals surface area contributed by atoms with Crippen LogP contribution in [-0.4, -0.2) is 37.7 Å². The Kier molecular flexibility index (Phi) is 3.18. The van der Waals surface area contributed by atoms with Gasteiger partial charge in [-0.05, 0) is 50.0 Å². The van der Waals surface area contributed by atoms with Crippen molar-refractivity contribution in [2.75, 3.05) is 32.8 Å². The molecule has 0 spiro atoms. The summed E-state index contributed by atoms with van der Waals surface area (Å²) < 4.78 is 11.1. The maximum atomic E-state index is 5.60. The van der Waals surface area contributed by atoms with Gasteiger partial charge >= 0.3 is 0 Å². The van der Waals surface area contributed by atoms with Gasteiger partial charge in [0.05, 0.1) is 0 Å². The predicted octanol–water partition coefficient (Wildman–Crippen LogP) is 2.10. The molecule has 1 aromatic rings. The van der Waals surface area contributed by atoms with E-state index >= 15 is 0 Å². The zero-order valence-corrected chi connectivity index (χ0v) is 10.2. The third kappa shape index (κ3) is 2.55. The van der Waals surface area contributed by atoms with Crippen molar-refractivity contribution in [1.29, 1.82) is 0 Å². The van der Waals surface area contributed by atoms with Crippen LogP contribution >= 0.6 is 0 Å². The summed E-state index contributed by atoms with van der Waals surface area (Å²) in [5.41, 5.74) is 1.35. The van der Waals surface area contributed by atoms with E-state index in [0.29, 0.717) is 13.2 Å². The van der Waals surface area contributed by atoms with Crippen molar-refractivity contribution >= 4 is 0 Å². The Morgan fingerprint density at radius 1 is 1.00 bits per heavy atom. The monoisotopic (exact) mass is 233 g/mol. The molecule has 1 fully saturated rings. The van der Waals surface area contributed by atoms with Crippen molar-refractivity contribution < 1.29 is 9.47 Å². The van der Waals surface area contributed by atoms with Gasteiger partial charge in [-0.3, -0.25) is 0 Å². The van der Waals surface area contributed by atoms with Gasteiger partial charge in [0.2, 0.25) is 0 Å². The number of rotatable bonds is 3. The highest BCUT2D eigenvalue weighted by Gasteiger charge is 2.13. The second kappa shape index (κ2) is 4.96. The van der Waals surface area contributed by atoms with Gasteiger partial charge in [0.1, 0.15) is 13.2 Å². The Hall–Kier alpha value is -1.22. The molecule has 0 unspecified atom stereocenters. The molecular formula is C14H19NO2. The van der Waals surface area contributed by atoms with Crippen molar-refractivity contribution in [3.63, 3.8) is 0 Å². The number of nitrogens with zero attached hydrogens (tertiary/aromatic N) is 1. The number of hydrogen-bond acceptors (Lipinski definition) is 3. The van der Waals surface area contributed by atoms with Crippen molar-refractivity contribution in [3.05, 3.63) is 23.8 Å². The second-order valence-corrected chi connectivity index (χ2v) is 4.78. The zero-order chi connectivity index (χ0) is 11.5. The quantitative estimate of drug-likeness (QED) is 0.798. The summed E-state index contributed by atoms with van der Waals surface area (Å²) >= 11 is 0. The van der Waals surface area contributed by atoms with Gasteiger partial charge < -0.3 is 14.4 Å². The van der Waals surface area contributed by atoms with Crippen LogP contribution in [0.3, 0.4) is 0 Å². The molecule has 3 nitrogen and oxygen atoms in total. The highest BCUT2D eigenvalue weighted by Crippen LogP contribution is 2.30. The summed E-state index contributed by atoms with van der Waals surface area (Å²) in [6.07, 6.45) is 3.83. The van der Waals surface area contributed by atoms with Crippen LogP contribution in [-0.2, 0) is 6.42 Å². The van der Waals surface area contributed by atoms with Gasteiger partial charge in [-0.25, -0.2) is 0 Å². The lowest BCUT2D eigenvalue weighted by Gasteiger charge is -2.19. The van der Waals surface area contributed by atoms with E-state index in [2.05, 4.69) is 17.0 Å². The maximum absolute atomic E-state index is 5.60. The summed E-state index contributed by atoms with van der Waals surface area (Å²) in [5.74, 6) is 1.80. The maximum Gasteiger partial charge on any atom is 0.161 e. The van der Waals surface area contributed by atoms with E-state index in [-0.39, 0.29) is 0 Å². The van der Waals surface area contributed by atoms with Crippen LogP contribution in [0.5, 0.6) is 11.5 Å². The zero-order valence-electron chi connectivity index (χ0n) is 10.2. The molecule has 1 aromatic carbocycles. The van der Waals surface area contributed by atoms with Crippen LogP contribution in [0.25, 0.3) is 0 Å². The van der Waals surface area contributed by atoms with Gasteiger partial charge in [0.15, 0.2) is 11.5 Å². The van der Waals surface area contributed by atoms with Gasteiger partial charge in [-0.2, -0.15) is 0 Å². The molecule has 2 heterocycles. The van der Waals surface area contributed by atoms with E-state index in [4.69, 9.17) is 9.47 Å². The smallest absolute Gasteiger partial charge is 0.161 e. The molecule has 1 saturated heterocycles. The highest BCUT2D eigenvalue weighted by molar-refractivity contribution is 5.43. The van der Waals surface area contributed by atoms with Gasteiger partial charge in [0, 0.05) is 6.54 Å². The molecule has 92 valence electrons. The summed E-state index contributed by atoms with van der Waals surface area (Å²) in [6.45, 7) is 5.04.